The quantitative estimate of drug-likeness (QED) is 0.00615. The van der Waals surface area contributed by atoms with Gasteiger partial charge in [0.1, 0.15) is 69.5 Å². The van der Waals surface area contributed by atoms with Gasteiger partial charge in [-0.25, -0.2) is 15.0 Å². The summed E-state index contributed by atoms with van der Waals surface area (Å²) in [7, 11) is -2.03. The molecule has 148 heavy (non-hydrogen) atoms. The Morgan fingerprint density at radius 1 is 0.473 bits per heavy atom. The van der Waals surface area contributed by atoms with Gasteiger partial charge < -0.3 is 121 Å². The maximum atomic E-state index is 12.9. The standard InChI is InChI=1S/C25H44Cl2N4O2Si2.C25H32ClN5O8.C25H45ClN4O3Si2.C25H33N5O9/c1-12-17-18(33-35(10,11)25(5,6)7)13-19(32-17)31-15-16(14-26)20-21(27)28-23(29-22(20)31)30-34(8,9)24(2,3)4;1-25(2,3)21(13-6-16(36-4)17(37-5)7-14(13)31(34)35)38-11-12-9-30(19-8-15(33)18(10-32)39-19)23-20(12)22(26)28-24(27)29-23;1-12-17-18(33-35(10,11)25(5,6)7)13-19(32-17)30-14-16(15-31)20-21(26)27-23(28-22(20)30)29-34(8,9)24(2,3)4;1-25(2,3)21(13-6-16(36-4)17(37-5)7-14(13)30(34)35)38-11-12-9-29(19-8-15(32)18(10-31)39-19)22-20(12)23(33)28-24(26)27-22/h15,17-19H,12-14H2,1-11H3,(H,28,29,30);6-7,9,15,18-19,21,32-33H,8,10-11H2,1-5H3,(H2,27,28,29);14,17-19,31H,12-13,15H2,1-11H3,(H,27,28,29);6-7,9,15,18-19,21,31-32H,8,10-11H2,1-5H3,(H3,26,27,28,33)/t17-,18-,19-;15-,18-,19-,21?;17-,18-,19-;15-,18-,19-,21?/m1111/s1. The first-order valence-electron chi connectivity index (χ1n) is 49.8. The summed E-state index contributed by atoms with van der Waals surface area (Å²) in [4.78, 5) is 77.4. The molecule has 14 rings (SSSR count). The summed E-state index contributed by atoms with van der Waals surface area (Å²) in [6.07, 6.45) is 4.31. The molecule has 4 aliphatic rings. The number of methoxy groups -OCH3 is 4. The largest absolute Gasteiger partial charge is 0.493 e. The van der Waals surface area contributed by atoms with Crippen LogP contribution in [-0.2, 0) is 63.0 Å². The summed E-state index contributed by atoms with van der Waals surface area (Å²) >= 11 is 26.2. The number of hydrogen-bond acceptors (Lipinski definition) is 33. The number of aliphatic hydroxyl groups excluding tert-OH is 5. The highest BCUT2D eigenvalue weighted by molar-refractivity contribution is 6.83. The van der Waals surface area contributed by atoms with Crippen molar-refractivity contribution in [2.24, 2.45) is 10.8 Å². The highest BCUT2D eigenvalue weighted by Crippen LogP contribution is 2.52. The van der Waals surface area contributed by atoms with E-state index in [-0.39, 0.29) is 159 Å². The molecular weight excluding hydrogens is 2060 g/mol. The lowest BCUT2D eigenvalue weighted by Gasteiger charge is -2.39. The summed E-state index contributed by atoms with van der Waals surface area (Å²) < 4.78 is 79.7. The zero-order valence-corrected chi connectivity index (χ0v) is 98.4. The Labute approximate surface area is 889 Å². The Balaban J connectivity index is 0.000000188. The van der Waals surface area contributed by atoms with Gasteiger partial charge in [-0.15, -0.1) is 11.6 Å². The van der Waals surface area contributed by atoms with Crippen molar-refractivity contribution in [2.75, 3.05) is 63.1 Å². The smallest absolute Gasteiger partial charge is 0.279 e. The predicted octanol–water partition coefficient (Wildman–Crippen LogP) is 21.1. The molecule has 0 saturated carbocycles. The number of halogens is 4. The van der Waals surface area contributed by atoms with Crippen molar-refractivity contribution in [3.05, 3.63) is 128 Å². The number of ether oxygens (including phenoxy) is 10. The number of nitrogen functional groups attached to an aromatic ring is 2. The molecule has 4 fully saturated rings. The average Bonchev–Trinajstić information content (AvgIpc) is 1.61. The van der Waals surface area contributed by atoms with Gasteiger partial charge in [-0.2, -0.15) is 19.9 Å². The van der Waals surface area contributed by atoms with E-state index in [1.54, 1.807) is 27.6 Å². The minimum Gasteiger partial charge on any atom is -0.493 e. The van der Waals surface area contributed by atoms with E-state index in [1.807, 2.05) is 58.5 Å². The van der Waals surface area contributed by atoms with E-state index in [9.17, 15) is 50.6 Å². The van der Waals surface area contributed by atoms with Gasteiger partial charge in [0.05, 0.1) is 165 Å². The van der Waals surface area contributed by atoms with Crippen molar-refractivity contribution in [1.82, 2.24) is 58.1 Å². The van der Waals surface area contributed by atoms with Crippen LogP contribution in [0.3, 0.4) is 0 Å². The lowest BCUT2D eigenvalue weighted by molar-refractivity contribution is -0.386. The Bertz CT molecular complexity index is 6280. The van der Waals surface area contributed by atoms with E-state index in [4.69, 9.17) is 124 Å². The highest BCUT2D eigenvalue weighted by Gasteiger charge is 2.50. The van der Waals surface area contributed by atoms with Crippen LogP contribution < -0.4 is 45.9 Å². The van der Waals surface area contributed by atoms with Crippen LogP contribution in [-0.4, -0.2) is 217 Å². The van der Waals surface area contributed by atoms with Crippen LogP contribution in [0, 0.1) is 31.1 Å². The molecule has 0 spiro atoms. The van der Waals surface area contributed by atoms with Gasteiger partial charge in [0.15, 0.2) is 61.8 Å². The van der Waals surface area contributed by atoms with E-state index in [0.29, 0.717) is 83.9 Å². The van der Waals surface area contributed by atoms with Crippen LogP contribution in [0.2, 0.25) is 88.0 Å². The number of nitrogens with two attached hydrogens (primary N) is 2. The second kappa shape index (κ2) is 46.4. The number of aliphatic hydroxyl groups is 5. The molecule has 48 heteroatoms. The summed E-state index contributed by atoms with van der Waals surface area (Å²) in [6.45, 7) is 60.0. The monoisotopic (exact) mass is 2210 g/mol. The molecule has 0 bridgehead atoms. The first kappa shape index (κ1) is 120. The number of fused-ring (bicyclic) bond motifs is 4. The third kappa shape index (κ3) is 26.0. The van der Waals surface area contributed by atoms with E-state index < -0.39 is 108 Å². The van der Waals surface area contributed by atoms with E-state index in [2.05, 4.69) is 194 Å². The number of aromatic nitrogens is 12. The molecular formula is C100H154Cl4N18O22Si4. The molecule has 0 amide bonds. The zero-order valence-electron chi connectivity index (χ0n) is 91.3. The molecule has 8 aromatic heterocycles. The SMILES string of the molecule is CC[C@H]1O[C@@H](n2cc(CCl)c3c(Cl)nc(N[Si](C)(C)C(C)(C)C)nc32)C[C@H]1O[Si](C)(C)C(C)(C)C.CC[C@H]1O[C@@H](n2cc(CO)c3c(Cl)nc(N[Si](C)(C)C(C)(C)C)nc32)C[C@H]1O[Si](C)(C)C(C)(C)C.COc1cc(C(OCc2cn([C@H]3C[C@@H](O)[C@@H](CO)O3)c3nc(N)[nH]c(=O)c23)C(C)(C)C)c([N+](=O)[O-])cc1OC.COc1cc(C(OCc2cn([C@H]3C[C@@H](O)[C@@H](CO)O3)c3nc(N)nc(Cl)c23)C(C)(C)C)c([N+](=O)[O-])cc1OC. The van der Waals surface area contributed by atoms with Crippen LogP contribution in [0.15, 0.2) is 53.8 Å². The fraction of sp³-hybridized carbons (Fsp3) is 0.640. The minimum atomic E-state index is -1.96. The predicted molar refractivity (Wildman–Crippen MR) is 585 cm³/mol. The lowest BCUT2D eigenvalue weighted by atomic mass is 9.83. The van der Waals surface area contributed by atoms with Crippen molar-refractivity contribution < 1.29 is 91.6 Å². The molecule has 10 aromatic rings. The van der Waals surface area contributed by atoms with Crippen molar-refractivity contribution >= 4 is 159 Å². The number of anilines is 4. The molecule has 4 saturated heterocycles. The molecule has 4 aliphatic heterocycles. The minimum absolute atomic E-state index is 0.00582. The first-order valence-corrected chi connectivity index (χ1v) is 63.3. The van der Waals surface area contributed by atoms with Gasteiger partial charge in [-0.1, -0.05) is 199 Å². The molecule has 0 aliphatic carbocycles. The van der Waals surface area contributed by atoms with Gasteiger partial charge in [0.25, 0.3) is 16.9 Å². The number of H-pyrrole nitrogens is 1. The van der Waals surface area contributed by atoms with Gasteiger partial charge in [-0.05, 0) is 87.7 Å². The Morgan fingerprint density at radius 3 is 1.13 bits per heavy atom. The van der Waals surface area contributed by atoms with Gasteiger partial charge in [0.2, 0.25) is 23.8 Å². The van der Waals surface area contributed by atoms with Crippen molar-refractivity contribution in [3.8, 4) is 23.0 Å². The van der Waals surface area contributed by atoms with Gasteiger partial charge in [0, 0.05) is 73.0 Å². The van der Waals surface area contributed by atoms with Crippen LogP contribution >= 0.6 is 46.4 Å². The molecule has 12 N–H and O–H groups in total. The summed E-state index contributed by atoms with van der Waals surface area (Å²) in [6, 6.07) is 5.68. The normalized spacial score (nSPS) is 21.2. The Kier molecular flexibility index (Phi) is 37.5. The average molecular weight is 2210 g/mol. The first-order chi connectivity index (χ1) is 68.6. The number of nitrogens with zero attached hydrogens (tertiary/aromatic N) is 13. The number of rotatable bonds is 32. The fourth-order valence-corrected chi connectivity index (χ4v) is 23.4. The van der Waals surface area contributed by atoms with Crippen molar-refractivity contribution in [3.63, 3.8) is 0 Å². The molecule has 2 unspecified atom stereocenters. The maximum absolute atomic E-state index is 12.9. The summed E-state index contributed by atoms with van der Waals surface area (Å²) in [5.41, 5.74) is 14.8. The van der Waals surface area contributed by atoms with E-state index in [1.165, 1.54) is 46.6 Å². The van der Waals surface area contributed by atoms with Gasteiger partial charge >= 0.3 is 0 Å². The molecule has 40 nitrogen and oxygen atoms in total. The highest BCUT2D eigenvalue weighted by atomic mass is 35.5. The van der Waals surface area contributed by atoms with Crippen LogP contribution in [0.25, 0.3) is 44.1 Å². The van der Waals surface area contributed by atoms with Crippen LogP contribution in [0.5, 0.6) is 23.0 Å². The Morgan fingerprint density at radius 2 is 0.797 bits per heavy atom. The summed E-state index contributed by atoms with van der Waals surface area (Å²) in [5.74, 6) is 2.33. The van der Waals surface area contributed by atoms with Crippen LogP contribution in [0.4, 0.5) is 35.2 Å². The number of nitro groups is 2. The molecule has 0 radical (unpaired) electrons. The number of nitrogens with one attached hydrogen (secondary N) is 3. The van der Waals surface area contributed by atoms with Gasteiger partial charge in [-0.3, -0.25) is 30.0 Å². The third-order valence-corrected chi connectivity index (χ3v) is 49.2. The van der Waals surface area contributed by atoms with Crippen molar-refractivity contribution in [1.29, 1.82) is 0 Å². The topological polar surface area (TPSA) is 517 Å². The Hall–Kier alpha value is -8.57. The molecule has 14 atom stereocenters. The lowest BCUT2D eigenvalue weighted by Crippen LogP contribution is -2.46. The van der Waals surface area contributed by atoms with E-state index in [0.717, 1.165) is 42.3 Å². The molecule has 820 valence electrons. The number of nitro benzene ring substituents is 2. The number of hydrogen-bond donors (Lipinski definition) is 10. The second-order valence-corrected chi connectivity index (χ2v) is 67.5. The third-order valence-electron chi connectivity index (χ3n) is 29.9. The molecule has 12 heterocycles. The summed E-state index contributed by atoms with van der Waals surface area (Å²) in [5, 5.41) is 77.1. The zero-order chi connectivity index (χ0) is 110. The number of alkyl halides is 1. The van der Waals surface area contributed by atoms with Crippen LogP contribution in [0.1, 0.15) is 247 Å². The van der Waals surface area contributed by atoms with E-state index >= 15 is 0 Å². The fourth-order valence-electron chi connectivity index (χ4n) is 17.6. The molecule has 2 aromatic carbocycles. The number of aromatic amines is 1. The second-order valence-electron chi connectivity index (χ2n) is 46.6. The maximum Gasteiger partial charge on any atom is 0.279 e. The van der Waals surface area contributed by atoms with Crippen molar-refractivity contribution in [2.45, 2.75) is 361 Å². The number of benzene rings is 2.